The number of ether oxygens (including phenoxy) is 6. The van der Waals surface area contributed by atoms with E-state index >= 15 is 0 Å². The number of aliphatic hydroxyl groups excluding tert-OH is 3. The van der Waals surface area contributed by atoms with Gasteiger partial charge >= 0.3 is 40.7 Å². The van der Waals surface area contributed by atoms with Gasteiger partial charge in [-0.2, -0.15) is 15.0 Å². The summed E-state index contributed by atoms with van der Waals surface area (Å²) in [7, 11) is -13.8. The molecule has 678 valence electrons. The van der Waals surface area contributed by atoms with E-state index in [0.717, 1.165) is 10.8 Å². The SMILES string of the molecule is [2H]C([2H])(O[P@@](=O)(C[C@@H](C)C(=O)OC(C)C)Oc1ccccc1)[C@H]1O[C@@H](n2cc(F)c3c(=O)[nH]c(N)nc32)C(N)(C#CCF)[C@H]1O.[2H]C([2H])(O[P@@](=O)(C[C@@H](C)C(=O)OC(C)C)Oc1ccccc1)[C@H]1O[C@@H](n2ccc3c(=O)[nH]c(N)nc32)C(N)(C#CCF)[C@H]1O.[2H]C([2H])(O[P@@](=O)(C[C@@H](C)C(=O)OC(C)C)Oc1ccccc1)[C@H]1O[C@@H](n2cnc3cnc(N)nc32)C(N)(C#CCF)[C@H]1O. The molecule has 9 heterocycles. The number of carbonyl (C=O) groups is 3. The number of nitrogens with one attached hydrogen (secondary N) is 2. The Morgan fingerprint density at radius 2 is 0.881 bits per heavy atom. The van der Waals surface area contributed by atoms with Crippen LogP contribution in [0.15, 0.2) is 132 Å². The number of aromatic amines is 2. The molecule has 18 atom stereocenters. The van der Waals surface area contributed by atoms with Gasteiger partial charge < -0.3 is 96.3 Å². The third-order valence-electron chi connectivity index (χ3n) is 18.5. The van der Waals surface area contributed by atoms with Gasteiger partial charge in [0, 0.05) is 12.4 Å². The quantitative estimate of drug-likeness (QED) is 0.00744. The number of imidazole rings is 1. The van der Waals surface area contributed by atoms with Crippen molar-refractivity contribution < 1.29 is 125 Å². The van der Waals surface area contributed by atoms with E-state index in [4.69, 9.17) is 98.2 Å². The monoisotopic (exact) mass is 1820 g/mol. The van der Waals surface area contributed by atoms with Gasteiger partial charge in [0.15, 0.2) is 58.1 Å². The fourth-order valence-corrected chi connectivity index (χ4v) is 17.9. The number of aliphatic hydroxyl groups is 3. The fraction of sp³-hybridized carbons (Fsp3) is 0.450. The molecule has 12 rings (SSSR count). The van der Waals surface area contributed by atoms with Crippen LogP contribution in [-0.4, -0.2) is 212 Å². The van der Waals surface area contributed by atoms with Crippen molar-refractivity contribution in [3.05, 3.63) is 149 Å². The number of carbonyl (C=O) groups excluding carboxylic acids is 3. The second kappa shape index (κ2) is 41.5. The van der Waals surface area contributed by atoms with Crippen molar-refractivity contribution in [3.63, 3.8) is 0 Å². The van der Waals surface area contributed by atoms with E-state index in [0.29, 0.717) is 0 Å². The van der Waals surface area contributed by atoms with Crippen LogP contribution in [0.1, 0.15) is 89.2 Å². The van der Waals surface area contributed by atoms with Crippen LogP contribution < -0.4 is 59.1 Å². The van der Waals surface area contributed by atoms with E-state index in [9.17, 15) is 70.5 Å². The number of anilines is 3. The van der Waals surface area contributed by atoms with Crippen LogP contribution in [0.5, 0.6) is 17.2 Å². The molecular weight excluding hydrogens is 1720 g/mol. The Bertz CT molecular complexity index is 6130. The van der Waals surface area contributed by atoms with Crippen LogP contribution in [0.4, 0.5) is 35.4 Å². The minimum Gasteiger partial charge on any atom is -0.463 e. The second-order valence-corrected chi connectivity index (χ2v) is 35.4. The Labute approximate surface area is 726 Å². The molecule has 9 aromatic rings. The molecule has 6 aromatic heterocycles. The van der Waals surface area contributed by atoms with Crippen LogP contribution in [0.25, 0.3) is 33.2 Å². The maximum Gasteiger partial charge on any atom is 0.380 e. The highest BCUT2D eigenvalue weighted by molar-refractivity contribution is 7.55. The Morgan fingerprint density at radius 3 is 1.25 bits per heavy atom. The van der Waals surface area contributed by atoms with Gasteiger partial charge in [-0.25, -0.2) is 41.2 Å². The number of nitrogens with two attached hydrogens (primary N) is 6. The van der Waals surface area contributed by atoms with E-state index < -0.39 is 241 Å². The van der Waals surface area contributed by atoms with Gasteiger partial charge in [-0.1, -0.05) is 111 Å². The maximum atomic E-state index is 14.9. The lowest BCUT2D eigenvalue weighted by atomic mass is 9.91. The van der Waals surface area contributed by atoms with Crippen molar-refractivity contribution in [1.82, 2.24) is 48.6 Å². The summed E-state index contributed by atoms with van der Waals surface area (Å²) in [5, 5.41) is 33.5. The smallest absolute Gasteiger partial charge is 0.380 e. The average molecular weight is 1830 g/mol. The van der Waals surface area contributed by atoms with Crippen molar-refractivity contribution in [2.75, 3.05) is 75.4 Å². The fourth-order valence-electron chi connectivity index (χ4n) is 12.7. The van der Waals surface area contributed by atoms with Crippen LogP contribution >= 0.6 is 22.8 Å². The van der Waals surface area contributed by atoms with Gasteiger partial charge in [0.25, 0.3) is 11.1 Å². The summed E-state index contributed by atoms with van der Waals surface area (Å²) < 4.78 is 219. The summed E-state index contributed by atoms with van der Waals surface area (Å²) in [5.74, 6) is 6.29. The number of para-hydroxylation sites is 3. The number of nitrogen functional groups attached to an aromatic ring is 3. The lowest BCUT2D eigenvalue weighted by Crippen LogP contribution is -2.53. The topological polar surface area (TPSA) is 575 Å². The average Bonchev–Trinajstić information content (AvgIpc) is 1.59. The predicted molar refractivity (Wildman–Crippen MR) is 449 cm³/mol. The van der Waals surface area contributed by atoms with E-state index in [1.807, 2.05) is 5.92 Å². The lowest BCUT2D eigenvalue weighted by Gasteiger charge is -2.28. The molecule has 39 nitrogen and oxygen atoms in total. The molecule has 3 aromatic carbocycles. The third kappa shape index (κ3) is 23.2. The molecule has 46 heteroatoms. The maximum absolute atomic E-state index is 14.9. The molecule has 0 amide bonds. The molecule has 126 heavy (non-hydrogen) atoms. The number of esters is 3. The first-order valence-electron chi connectivity index (χ1n) is 41.5. The Kier molecular flexibility index (Phi) is 29.1. The highest BCUT2D eigenvalue weighted by Gasteiger charge is 2.59. The van der Waals surface area contributed by atoms with Crippen LogP contribution in [-0.2, 0) is 70.1 Å². The molecule has 3 aliphatic heterocycles. The number of H-pyrrole nitrogens is 2. The van der Waals surface area contributed by atoms with Crippen LogP contribution in [0.3, 0.4) is 0 Å². The first-order valence-corrected chi connectivity index (χ1v) is 43.7. The Hall–Kier alpha value is -11.1. The van der Waals surface area contributed by atoms with Crippen LogP contribution in [0, 0.1) is 59.1 Å². The Morgan fingerprint density at radius 1 is 0.524 bits per heavy atom. The highest BCUT2D eigenvalue weighted by Crippen LogP contribution is 2.55. The van der Waals surface area contributed by atoms with Gasteiger partial charge in [-0.3, -0.25) is 56.6 Å². The summed E-state index contributed by atoms with van der Waals surface area (Å²) >= 11 is 0. The number of hydrogen-bond donors (Lipinski definition) is 11. The van der Waals surface area contributed by atoms with Gasteiger partial charge in [0.05, 0.1) is 100 Å². The minimum absolute atomic E-state index is 0.0111. The molecule has 0 bridgehead atoms. The summed E-state index contributed by atoms with van der Waals surface area (Å²) in [4.78, 5) is 87.0. The van der Waals surface area contributed by atoms with Gasteiger partial charge in [0.2, 0.25) is 17.8 Å². The van der Waals surface area contributed by atoms with Gasteiger partial charge in [-0.15, -0.1) is 0 Å². The van der Waals surface area contributed by atoms with Crippen molar-refractivity contribution in [2.45, 2.75) is 153 Å². The number of nitrogens with zero attached hydrogens (tertiary/aromatic N) is 8. The zero-order chi connectivity index (χ0) is 97.3. The number of rotatable bonds is 30. The largest absolute Gasteiger partial charge is 0.463 e. The first-order chi connectivity index (χ1) is 61.8. The summed E-state index contributed by atoms with van der Waals surface area (Å²) in [6.45, 7) is 1.07. The highest BCUT2D eigenvalue weighted by atomic mass is 31.2. The third-order valence-corrected chi connectivity index (χ3v) is 24.1. The molecule has 0 saturated carbocycles. The molecule has 0 spiro atoms. The van der Waals surface area contributed by atoms with Crippen molar-refractivity contribution in [1.29, 1.82) is 0 Å². The summed E-state index contributed by atoms with van der Waals surface area (Å²) in [6.07, 6.45) is -15.8. The van der Waals surface area contributed by atoms with Gasteiger partial charge in [-0.05, 0) is 84.0 Å². The van der Waals surface area contributed by atoms with Gasteiger partial charge in [0.1, 0.15) is 84.8 Å². The zero-order valence-corrected chi connectivity index (χ0v) is 71.5. The molecule has 0 aliphatic carbocycles. The summed E-state index contributed by atoms with van der Waals surface area (Å²) in [6, 6.07) is 24.5. The number of benzene rings is 3. The lowest BCUT2D eigenvalue weighted by molar-refractivity contribution is -0.152. The normalized spacial score (nSPS) is 25.2. The number of hydrogen-bond acceptors (Lipinski definition) is 34. The van der Waals surface area contributed by atoms with E-state index in [1.165, 1.54) is 91.1 Å². The van der Waals surface area contributed by atoms with Crippen LogP contribution in [0.2, 0.25) is 0 Å². The molecular formula is C80H97F4N16O23P3. The number of halogens is 4. The predicted octanol–water partition coefficient (Wildman–Crippen LogP) is 6.58. The molecule has 3 saturated heterocycles. The van der Waals surface area contributed by atoms with E-state index in [-0.39, 0.29) is 51.3 Å². The van der Waals surface area contributed by atoms with Crippen molar-refractivity contribution >= 4 is 91.8 Å². The molecule has 3 unspecified atom stereocenters. The summed E-state index contributed by atoms with van der Waals surface area (Å²) in [5.41, 5.74) is 28.1. The number of aromatic nitrogens is 10. The first kappa shape index (κ1) is 88.3. The number of fused-ring (bicyclic) bond motifs is 3. The van der Waals surface area contributed by atoms with E-state index in [1.54, 1.807) is 96.1 Å². The second-order valence-electron chi connectivity index (χ2n) is 29.6. The van der Waals surface area contributed by atoms with Crippen molar-refractivity contribution in [3.8, 4) is 52.8 Å². The minimum atomic E-state index is -4.64. The molecule has 3 aliphatic rings. The molecule has 0 radical (unpaired) electrons. The molecule has 17 N–H and O–H groups in total. The standard InChI is InChI=1S/C27H32F2N5O8P.C27H33FN5O8P.C26H32FN6O7P/c1-15(2)40-24(37)16(3)14-43(38,42-17-8-5-4-6-9-17)39-13-19-21(35)27(31,10-7-11-28)25(41-19)34-12-18(29)20-22(34)32-26(30)33-23(20)36;1-16(2)39-24(36)17(3)15-42(37,41-18-8-5-4-6-9-18)38-14-20-21(34)27(30,11-7-12-28)25(40-20)33-13-10-19-22(33)31-26(29)32-23(19)35;1-16(2)38-23(35)17(3)14-41(36,40-18-8-5-4-6-9-18)37-13-20-21(34)26(29,10-7-11-27)24(39-20)33-15-31-19-12-30-25(28)32-22(19)33/h4-6,8-9,12,15-16,19,21,25,35H,11,13-14,31H2,1-3H3,(H3,30,32,33,36);4-6,8-10,13,16-17,20-21,25,34H,12,14-15,30H2,1-3H3,(H3,29,31,32,35);4-6,8-9,12,15-17,20-21,24,34H,11,13-14,29H2,1-3H3,(H2,28,30,32)/t16-,19-,21+,25-,27?,43+;17-,20-,21+,25-,27?,42+;17-,20-,21+,24-,26?,41+/m111/s1/i13D2;14D2;13D2. The molecule has 3 fully saturated rings. The van der Waals surface area contributed by atoms with Crippen molar-refractivity contribution in [2.24, 2.45) is 35.0 Å². The number of alkyl halides is 3. The Balaban J connectivity index is 0.000000205. The zero-order valence-electron chi connectivity index (χ0n) is 74.9. The van der Waals surface area contributed by atoms with E-state index in [2.05, 4.69) is 64.5 Å².